The zero-order valence-electron chi connectivity index (χ0n) is 17.5. The van der Waals surface area contributed by atoms with Crippen molar-refractivity contribution >= 4 is 11.6 Å². The molecule has 1 atom stereocenters. The van der Waals surface area contributed by atoms with Crippen LogP contribution in [0, 0.1) is 15.9 Å². The number of rotatable bonds is 7. The van der Waals surface area contributed by atoms with Crippen LogP contribution in [0.2, 0.25) is 0 Å². The maximum atomic E-state index is 13.1. The highest BCUT2D eigenvalue weighted by atomic mass is 19.1. The van der Waals surface area contributed by atoms with E-state index in [-0.39, 0.29) is 23.5 Å². The lowest BCUT2D eigenvalue weighted by Gasteiger charge is -2.36. The van der Waals surface area contributed by atoms with Crippen LogP contribution in [0.25, 0.3) is 0 Å². The average molecular weight is 433 g/mol. The molecule has 1 N–H and O–H groups in total. The number of hydrogen-bond acceptors (Lipinski definition) is 4. The summed E-state index contributed by atoms with van der Waals surface area (Å²) >= 11 is 0. The normalized spacial score (nSPS) is 15.7. The van der Waals surface area contributed by atoms with E-state index in [4.69, 9.17) is 0 Å². The summed E-state index contributed by atoms with van der Waals surface area (Å²) in [6.07, 6.45) is 1.23. The molecule has 0 saturated heterocycles. The monoisotopic (exact) mass is 433 g/mol. The molecule has 3 aromatic rings. The summed E-state index contributed by atoms with van der Waals surface area (Å²) in [5.41, 5.74) is 4.27. The first-order valence-corrected chi connectivity index (χ1v) is 10.6. The Morgan fingerprint density at radius 2 is 1.66 bits per heavy atom. The summed E-state index contributed by atoms with van der Waals surface area (Å²) in [7, 11) is 0. The highest BCUT2D eigenvalue weighted by Gasteiger charge is 2.31. The number of nitrogens with one attached hydrogen (secondary N) is 1. The molecule has 1 amide bonds. The second-order valence-corrected chi connectivity index (χ2v) is 7.98. The topological polar surface area (TPSA) is 75.5 Å². The number of fused-ring (bicyclic) bond motifs is 1. The molecule has 1 heterocycles. The number of non-ortho nitro benzene ring substituents is 1. The van der Waals surface area contributed by atoms with Crippen LogP contribution in [-0.2, 0) is 30.7 Å². The molecule has 0 spiro atoms. The lowest BCUT2D eigenvalue weighted by atomic mass is 9.93. The number of amides is 1. The van der Waals surface area contributed by atoms with Crippen molar-refractivity contribution in [3.05, 3.63) is 111 Å². The number of nitrogens with zero attached hydrogens (tertiary/aromatic N) is 2. The molecule has 3 aromatic carbocycles. The van der Waals surface area contributed by atoms with Gasteiger partial charge in [0.15, 0.2) is 0 Å². The molecule has 0 unspecified atom stereocenters. The first-order chi connectivity index (χ1) is 15.5. The summed E-state index contributed by atoms with van der Waals surface area (Å²) < 4.78 is 13.1. The van der Waals surface area contributed by atoms with Crippen LogP contribution in [-0.4, -0.2) is 28.3 Å². The smallest absolute Gasteiger partial charge is 0.269 e. The molecule has 0 radical (unpaired) electrons. The van der Waals surface area contributed by atoms with Crippen LogP contribution in [0.4, 0.5) is 10.1 Å². The molecule has 0 bridgehead atoms. The van der Waals surface area contributed by atoms with Crippen LogP contribution < -0.4 is 5.32 Å². The lowest BCUT2D eigenvalue weighted by molar-refractivity contribution is -0.384. The maximum absolute atomic E-state index is 13.1. The van der Waals surface area contributed by atoms with Gasteiger partial charge < -0.3 is 5.32 Å². The molecule has 0 aliphatic carbocycles. The Morgan fingerprint density at radius 3 is 2.34 bits per heavy atom. The van der Waals surface area contributed by atoms with Gasteiger partial charge in [-0.15, -0.1) is 0 Å². The van der Waals surface area contributed by atoms with E-state index in [9.17, 15) is 19.3 Å². The van der Waals surface area contributed by atoms with Crippen molar-refractivity contribution in [3.63, 3.8) is 0 Å². The third-order valence-corrected chi connectivity index (χ3v) is 5.81. The fraction of sp³-hybridized carbons (Fsp3) is 0.240. The Bertz CT molecular complexity index is 1100. The Hall–Kier alpha value is -3.58. The molecule has 0 aromatic heterocycles. The van der Waals surface area contributed by atoms with Gasteiger partial charge in [-0.05, 0) is 47.2 Å². The molecule has 164 valence electrons. The summed E-state index contributed by atoms with van der Waals surface area (Å²) in [6, 6.07) is 20.5. The molecule has 4 rings (SSSR count). The number of carbonyl (C=O) groups excluding carboxylic acids is 1. The van der Waals surface area contributed by atoms with Crippen molar-refractivity contribution in [1.82, 2.24) is 10.2 Å². The predicted octanol–water partition coefficient (Wildman–Crippen LogP) is 4.02. The van der Waals surface area contributed by atoms with Crippen LogP contribution in [0.1, 0.15) is 22.3 Å². The molecular formula is C25H24FN3O3. The molecule has 1 aliphatic rings. The Morgan fingerprint density at radius 1 is 1.00 bits per heavy atom. The number of hydrogen-bond donors (Lipinski definition) is 1. The zero-order valence-corrected chi connectivity index (χ0v) is 17.5. The minimum atomic E-state index is -0.418. The van der Waals surface area contributed by atoms with E-state index in [2.05, 4.69) is 22.3 Å². The van der Waals surface area contributed by atoms with Crippen LogP contribution in [0.15, 0.2) is 72.8 Å². The van der Waals surface area contributed by atoms with E-state index < -0.39 is 4.92 Å². The maximum Gasteiger partial charge on any atom is 0.269 e. The van der Waals surface area contributed by atoms with Gasteiger partial charge in [-0.25, -0.2) is 4.39 Å². The number of halogens is 1. The number of benzene rings is 3. The van der Waals surface area contributed by atoms with E-state index >= 15 is 0 Å². The average Bonchev–Trinajstić information content (AvgIpc) is 2.80. The molecule has 0 saturated carbocycles. The second-order valence-electron chi connectivity index (χ2n) is 7.98. The quantitative estimate of drug-likeness (QED) is 0.451. The third-order valence-electron chi connectivity index (χ3n) is 5.81. The Balaban J connectivity index is 1.45. The molecule has 7 heteroatoms. The standard InChI is InChI=1S/C25H24FN3O3/c26-22-9-5-18(6-10-22)13-14-27-25(30)24-15-20-3-1-2-4-21(20)17-28(24)16-19-7-11-23(12-8-19)29(31)32/h1-12,24H,13-17H2,(H,27,30)/t24-/m1/s1. The lowest BCUT2D eigenvalue weighted by Crippen LogP contribution is -2.50. The van der Waals surface area contributed by atoms with Crippen molar-refractivity contribution in [2.45, 2.75) is 32.0 Å². The molecular weight excluding hydrogens is 409 g/mol. The number of nitro groups is 1. The summed E-state index contributed by atoms with van der Waals surface area (Å²) in [5.74, 6) is -0.330. The minimum absolute atomic E-state index is 0.0489. The molecule has 6 nitrogen and oxygen atoms in total. The summed E-state index contributed by atoms with van der Waals surface area (Å²) in [5, 5.41) is 13.9. The van der Waals surface area contributed by atoms with Crippen LogP contribution >= 0.6 is 0 Å². The van der Waals surface area contributed by atoms with Gasteiger partial charge >= 0.3 is 0 Å². The van der Waals surface area contributed by atoms with Crippen LogP contribution in [0.5, 0.6) is 0 Å². The van der Waals surface area contributed by atoms with Gasteiger partial charge in [0.05, 0.1) is 11.0 Å². The summed E-state index contributed by atoms with van der Waals surface area (Å²) in [6.45, 7) is 1.61. The predicted molar refractivity (Wildman–Crippen MR) is 119 cm³/mol. The van der Waals surface area contributed by atoms with E-state index in [1.54, 1.807) is 24.3 Å². The minimum Gasteiger partial charge on any atom is -0.354 e. The highest BCUT2D eigenvalue weighted by Crippen LogP contribution is 2.25. The fourth-order valence-electron chi connectivity index (χ4n) is 4.06. The van der Waals surface area contributed by atoms with Crippen molar-refractivity contribution in [2.24, 2.45) is 0 Å². The van der Waals surface area contributed by atoms with Crippen molar-refractivity contribution in [2.75, 3.05) is 6.54 Å². The van der Waals surface area contributed by atoms with Gasteiger partial charge in [-0.1, -0.05) is 48.5 Å². The largest absolute Gasteiger partial charge is 0.354 e. The SMILES string of the molecule is O=C(NCCc1ccc(F)cc1)[C@H]1Cc2ccccc2CN1Cc1ccc([N+](=O)[O-])cc1. The van der Waals surface area contributed by atoms with E-state index in [0.29, 0.717) is 32.5 Å². The Labute approximate surface area is 185 Å². The molecule has 1 aliphatic heterocycles. The van der Waals surface area contributed by atoms with Crippen LogP contribution in [0.3, 0.4) is 0 Å². The van der Waals surface area contributed by atoms with E-state index in [0.717, 1.165) is 16.7 Å². The van der Waals surface area contributed by atoms with Gasteiger partial charge in [0.25, 0.3) is 5.69 Å². The summed E-state index contributed by atoms with van der Waals surface area (Å²) in [4.78, 5) is 25.7. The van der Waals surface area contributed by atoms with E-state index in [1.165, 1.54) is 29.8 Å². The van der Waals surface area contributed by atoms with Crippen molar-refractivity contribution in [1.29, 1.82) is 0 Å². The zero-order chi connectivity index (χ0) is 22.5. The molecule has 32 heavy (non-hydrogen) atoms. The van der Waals surface area contributed by atoms with Gasteiger partial charge in [0.1, 0.15) is 5.82 Å². The second kappa shape index (κ2) is 9.70. The Kier molecular flexibility index (Phi) is 6.56. The van der Waals surface area contributed by atoms with Crippen molar-refractivity contribution < 1.29 is 14.1 Å². The first-order valence-electron chi connectivity index (χ1n) is 10.6. The van der Waals surface area contributed by atoms with Gasteiger partial charge in [-0.3, -0.25) is 19.8 Å². The molecule has 0 fully saturated rings. The third kappa shape index (κ3) is 5.18. The fourth-order valence-corrected chi connectivity index (χ4v) is 4.06. The van der Waals surface area contributed by atoms with Gasteiger partial charge in [0.2, 0.25) is 5.91 Å². The van der Waals surface area contributed by atoms with Gasteiger partial charge in [0, 0.05) is 31.8 Å². The number of carbonyl (C=O) groups is 1. The number of nitro benzene ring substituents is 1. The van der Waals surface area contributed by atoms with E-state index in [1.807, 2.05) is 12.1 Å². The highest BCUT2D eigenvalue weighted by molar-refractivity contribution is 5.82. The first kappa shape index (κ1) is 21.6. The van der Waals surface area contributed by atoms with Gasteiger partial charge in [-0.2, -0.15) is 0 Å². The van der Waals surface area contributed by atoms with Crippen molar-refractivity contribution in [3.8, 4) is 0 Å².